The average Bonchev–Trinajstić information content (AvgIpc) is 2.81. The standard InChI is InChI=1S/C14H16N2O5/c15-14(19)16-8-21-13(18)10-7-20-11(12(10)17)6-9-4-2-1-3-5-9/h1-5,10-11H,6-8H2,(H3,15,16,19)/t10?,11-/m0/s1. The number of esters is 1. The van der Waals surface area contributed by atoms with Gasteiger partial charge < -0.3 is 20.5 Å². The molecule has 0 aliphatic carbocycles. The Hall–Kier alpha value is -2.41. The first kappa shape index (κ1) is 15.0. The maximum Gasteiger partial charge on any atom is 0.320 e. The Morgan fingerprint density at radius 2 is 2.05 bits per heavy atom. The van der Waals surface area contributed by atoms with Crippen LogP contribution in [0.5, 0.6) is 0 Å². The number of hydrogen-bond donors (Lipinski definition) is 2. The zero-order valence-corrected chi connectivity index (χ0v) is 11.3. The van der Waals surface area contributed by atoms with Gasteiger partial charge in [-0.25, -0.2) is 4.79 Å². The molecule has 1 aromatic rings. The number of carbonyl (C=O) groups excluding carboxylic acids is 3. The van der Waals surface area contributed by atoms with E-state index >= 15 is 0 Å². The van der Waals surface area contributed by atoms with Gasteiger partial charge in [0.2, 0.25) is 0 Å². The molecule has 1 aliphatic heterocycles. The first-order valence-electron chi connectivity index (χ1n) is 6.47. The van der Waals surface area contributed by atoms with Crippen LogP contribution in [0.15, 0.2) is 30.3 Å². The lowest BCUT2D eigenvalue weighted by Gasteiger charge is -2.09. The van der Waals surface area contributed by atoms with E-state index in [4.69, 9.17) is 15.2 Å². The van der Waals surface area contributed by atoms with E-state index in [0.717, 1.165) is 5.56 Å². The van der Waals surface area contributed by atoms with Crippen molar-refractivity contribution in [2.24, 2.45) is 11.7 Å². The number of Topliss-reactive ketones (excluding diaryl/α,β-unsaturated/α-hetero) is 1. The Bertz CT molecular complexity index is 531. The highest BCUT2D eigenvalue weighted by atomic mass is 16.6. The highest BCUT2D eigenvalue weighted by Gasteiger charge is 2.40. The normalized spacial score (nSPS) is 21.0. The molecule has 1 aromatic carbocycles. The maximum atomic E-state index is 12.1. The van der Waals surface area contributed by atoms with Crippen LogP contribution in [0, 0.1) is 5.92 Å². The summed E-state index contributed by atoms with van der Waals surface area (Å²) in [6.07, 6.45) is -0.225. The number of ketones is 1. The minimum atomic E-state index is -0.951. The van der Waals surface area contributed by atoms with E-state index in [1.165, 1.54) is 0 Å². The number of rotatable bonds is 5. The fraction of sp³-hybridized carbons (Fsp3) is 0.357. The van der Waals surface area contributed by atoms with Gasteiger partial charge in [-0.2, -0.15) is 0 Å². The minimum Gasteiger partial charge on any atom is -0.444 e. The number of ether oxygens (including phenoxy) is 2. The van der Waals surface area contributed by atoms with Crippen molar-refractivity contribution in [3.05, 3.63) is 35.9 Å². The van der Waals surface area contributed by atoms with Gasteiger partial charge in [-0.1, -0.05) is 30.3 Å². The van der Waals surface area contributed by atoms with Crippen LogP contribution in [-0.4, -0.2) is 37.2 Å². The smallest absolute Gasteiger partial charge is 0.320 e. The van der Waals surface area contributed by atoms with Crippen LogP contribution < -0.4 is 11.1 Å². The molecule has 1 unspecified atom stereocenters. The van der Waals surface area contributed by atoms with Crippen molar-refractivity contribution < 1.29 is 23.9 Å². The molecule has 2 rings (SSSR count). The third-order valence-corrected chi connectivity index (χ3v) is 3.13. The monoisotopic (exact) mass is 292 g/mol. The lowest BCUT2D eigenvalue weighted by molar-refractivity contribution is -0.151. The average molecular weight is 292 g/mol. The van der Waals surface area contributed by atoms with Crippen molar-refractivity contribution in [2.75, 3.05) is 13.3 Å². The molecule has 1 fully saturated rings. The molecule has 0 aromatic heterocycles. The second-order valence-electron chi connectivity index (χ2n) is 4.62. The van der Waals surface area contributed by atoms with Crippen molar-refractivity contribution >= 4 is 17.8 Å². The number of primary amides is 1. The van der Waals surface area contributed by atoms with Gasteiger partial charge in [-0.05, 0) is 5.56 Å². The fourth-order valence-corrected chi connectivity index (χ4v) is 2.05. The Labute approximate surface area is 121 Å². The van der Waals surface area contributed by atoms with E-state index in [1.54, 1.807) is 0 Å². The predicted molar refractivity (Wildman–Crippen MR) is 72.1 cm³/mol. The molecule has 1 heterocycles. The summed E-state index contributed by atoms with van der Waals surface area (Å²) in [4.78, 5) is 34.3. The summed E-state index contributed by atoms with van der Waals surface area (Å²) in [6, 6.07) is 8.59. The van der Waals surface area contributed by atoms with Crippen molar-refractivity contribution in [3.8, 4) is 0 Å². The third kappa shape index (κ3) is 4.03. The van der Waals surface area contributed by atoms with Gasteiger partial charge in [0.25, 0.3) is 0 Å². The maximum absolute atomic E-state index is 12.1. The van der Waals surface area contributed by atoms with Gasteiger partial charge in [0.05, 0.1) is 6.61 Å². The lowest BCUT2D eigenvalue weighted by Crippen LogP contribution is -2.35. The number of nitrogens with one attached hydrogen (secondary N) is 1. The molecule has 1 saturated heterocycles. The summed E-state index contributed by atoms with van der Waals surface area (Å²) in [5.74, 6) is -1.97. The summed E-state index contributed by atoms with van der Waals surface area (Å²) < 4.78 is 10.1. The van der Waals surface area contributed by atoms with Crippen LogP contribution in [0.1, 0.15) is 5.56 Å². The van der Waals surface area contributed by atoms with Crippen LogP contribution in [-0.2, 0) is 25.5 Å². The number of nitrogens with two attached hydrogens (primary N) is 1. The van der Waals surface area contributed by atoms with Gasteiger partial charge in [0.1, 0.15) is 12.0 Å². The lowest BCUT2D eigenvalue weighted by atomic mass is 9.99. The van der Waals surface area contributed by atoms with Gasteiger partial charge in [0.15, 0.2) is 12.5 Å². The SMILES string of the molecule is NC(=O)NCOC(=O)C1CO[C@@H](Cc2ccccc2)C1=O. The Balaban J connectivity index is 1.86. The summed E-state index contributed by atoms with van der Waals surface area (Å²) in [7, 11) is 0. The number of carbonyl (C=O) groups is 3. The topological polar surface area (TPSA) is 108 Å². The molecular weight excluding hydrogens is 276 g/mol. The Morgan fingerprint density at radius 3 is 2.71 bits per heavy atom. The molecule has 2 amide bonds. The van der Waals surface area contributed by atoms with E-state index in [-0.39, 0.29) is 19.1 Å². The summed E-state index contributed by atoms with van der Waals surface area (Å²) in [5.41, 5.74) is 5.79. The van der Waals surface area contributed by atoms with E-state index in [2.05, 4.69) is 5.32 Å². The zero-order chi connectivity index (χ0) is 15.2. The van der Waals surface area contributed by atoms with Crippen LogP contribution in [0.3, 0.4) is 0 Å². The second-order valence-corrected chi connectivity index (χ2v) is 4.62. The molecule has 2 atom stereocenters. The Kier molecular flexibility index (Phi) is 4.89. The molecule has 3 N–H and O–H groups in total. The van der Waals surface area contributed by atoms with Crippen molar-refractivity contribution in [3.63, 3.8) is 0 Å². The van der Waals surface area contributed by atoms with Gasteiger partial charge in [-0.15, -0.1) is 0 Å². The summed E-state index contributed by atoms with van der Waals surface area (Å²) in [5, 5.41) is 2.11. The van der Waals surface area contributed by atoms with Crippen LogP contribution >= 0.6 is 0 Å². The van der Waals surface area contributed by atoms with Crippen LogP contribution in [0.2, 0.25) is 0 Å². The van der Waals surface area contributed by atoms with Crippen molar-refractivity contribution in [1.82, 2.24) is 5.32 Å². The molecule has 0 spiro atoms. The molecule has 21 heavy (non-hydrogen) atoms. The second kappa shape index (κ2) is 6.85. The largest absolute Gasteiger partial charge is 0.444 e. The van der Waals surface area contributed by atoms with Crippen LogP contribution in [0.4, 0.5) is 4.79 Å². The molecule has 7 heteroatoms. The molecule has 7 nitrogen and oxygen atoms in total. The summed E-state index contributed by atoms with van der Waals surface area (Å²) in [6.45, 7) is -0.368. The summed E-state index contributed by atoms with van der Waals surface area (Å²) >= 11 is 0. The van der Waals surface area contributed by atoms with E-state index in [0.29, 0.717) is 6.42 Å². The van der Waals surface area contributed by atoms with Gasteiger partial charge in [0, 0.05) is 6.42 Å². The molecule has 1 aliphatic rings. The van der Waals surface area contributed by atoms with Crippen molar-refractivity contribution in [2.45, 2.75) is 12.5 Å². The minimum absolute atomic E-state index is 0.00820. The highest BCUT2D eigenvalue weighted by molar-refractivity contribution is 6.02. The number of amides is 2. The van der Waals surface area contributed by atoms with Crippen LogP contribution in [0.25, 0.3) is 0 Å². The number of urea groups is 1. The molecular formula is C14H16N2O5. The van der Waals surface area contributed by atoms with E-state index < -0.39 is 24.0 Å². The van der Waals surface area contributed by atoms with Gasteiger partial charge in [-0.3, -0.25) is 9.59 Å². The fourth-order valence-electron chi connectivity index (χ4n) is 2.05. The molecule has 112 valence electrons. The third-order valence-electron chi connectivity index (χ3n) is 3.13. The zero-order valence-electron chi connectivity index (χ0n) is 11.3. The Morgan fingerprint density at radius 1 is 1.33 bits per heavy atom. The first-order chi connectivity index (χ1) is 10.1. The quantitative estimate of drug-likeness (QED) is 0.450. The predicted octanol–water partition coefficient (Wildman–Crippen LogP) is -0.0178. The van der Waals surface area contributed by atoms with Gasteiger partial charge >= 0.3 is 12.0 Å². The van der Waals surface area contributed by atoms with E-state index in [9.17, 15) is 14.4 Å². The first-order valence-corrected chi connectivity index (χ1v) is 6.47. The number of benzene rings is 1. The van der Waals surface area contributed by atoms with Crippen molar-refractivity contribution in [1.29, 1.82) is 0 Å². The molecule has 0 saturated carbocycles. The highest BCUT2D eigenvalue weighted by Crippen LogP contribution is 2.20. The molecule has 0 radical (unpaired) electrons. The number of hydrogen-bond acceptors (Lipinski definition) is 5. The molecule has 0 bridgehead atoms. The van der Waals surface area contributed by atoms with E-state index in [1.807, 2.05) is 30.3 Å².